The fraction of sp³-hybridized carbons (Fsp3) is 0.636. The highest BCUT2D eigenvalue weighted by Gasteiger charge is 2.59. The van der Waals surface area contributed by atoms with Gasteiger partial charge in [0.15, 0.2) is 5.84 Å². The molecule has 0 aromatic carbocycles. The Kier molecular flexibility index (Phi) is 3.41. The molecule has 1 atom stereocenters. The molecule has 8 nitrogen and oxygen atoms in total. The summed E-state index contributed by atoms with van der Waals surface area (Å²) in [6.07, 6.45) is 3.18. The number of rotatable bonds is 4. The molecule has 1 saturated heterocycles. The first-order valence-electron chi connectivity index (χ1n) is 6.23. The molecule has 0 aliphatic carbocycles. The molecule has 0 aromatic rings. The molecule has 2 heterocycles. The molecule has 2 N–H and O–H groups in total. The van der Waals surface area contributed by atoms with Crippen LogP contribution in [0.5, 0.6) is 0 Å². The van der Waals surface area contributed by atoms with Crippen LogP contribution >= 0.6 is 0 Å². The van der Waals surface area contributed by atoms with Gasteiger partial charge in [0, 0.05) is 20.6 Å². The van der Waals surface area contributed by atoms with Crippen molar-refractivity contribution in [3.63, 3.8) is 0 Å². The Morgan fingerprint density at radius 3 is 2.95 bits per heavy atom. The van der Waals surface area contributed by atoms with Crippen LogP contribution in [0.2, 0.25) is 0 Å². The zero-order chi connectivity index (χ0) is 14.0. The fourth-order valence-electron chi connectivity index (χ4n) is 2.16. The fourth-order valence-corrected chi connectivity index (χ4v) is 2.16. The van der Waals surface area contributed by atoms with Gasteiger partial charge >= 0.3 is 6.03 Å². The number of nitrogens with one attached hydrogen (secondary N) is 2. The van der Waals surface area contributed by atoms with Gasteiger partial charge in [0.1, 0.15) is 6.34 Å². The van der Waals surface area contributed by atoms with E-state index in [0.717, 1.165) is 12.8 Å². The minimum absolute atomic E-state index is 0.288. The number of amidine groups is 1. The summed E-state index contributed by atoms with van der Waals surface area (Å²) in [6, 6.07) is -0.315. The monoisotopic (exact) mass is 266 g/mol. The van der Waals surface area contributed by atoms with Gasteiger partial charge in [-0.25, -0.2) is 9.79 Å². The lowest BCUT2D eigenvalue weighted by Gasteiger charge is -2.30. The highest BCUT2D eigenvalue weighted by Crippen LogP contribution is 2.29. The third kappa shape index (κ3) is 1.83. The van der Waals surface area contributed by atoms with Crippen LogP contribution in [0.3, 0.4) is 0 Å². The number of hydrogen-bond donors (Lipinski definition) is 2. The van der Waals surface area contributed by atoms with Crippen LogP contribution in [0.1, 0.15) is 19.8 Å². The number of carbonyl (C=O) groups is 2. The summed E-state index contributed by atoms with van der Waals surface area (Å²) in [7, 11) is 3.12. The first kappa shape index (κ1) is 13.3. The summed E-state index contributed by atoms with van der Waals surface area (Å²) in [4.78, 5) is 31.2. The van der Waals surface area contributed by atoms with E-state index in [1.807, 2.05) is 6.92 Å². The molecule has 2 aliphatic rings. The third-order valence-electron chi connectivity index (χ3n) is 3.30. The highest BCUT2D eigenvalue weighted by atomic mass is 16.2. The molecule has 0 bridgehead atoms. The van der Waals surface area contributed by atoms with E-state index in [4.69, 9.17) is 0 Å². The molecule has 1 fully saturated rings. The Morgan fingerprint density at radius 1 is 1.53 bits per heavy atom. The quantitative estimate of drug-likeness (QED) is 0.675. The van der Waals surface area contributed by atoms with Crippen LogP contribution in [0, 0.1) is 0 Å². The van der Waals surface area contributed by atoms with Crippen LogP contribution in [0.4, 0.5) is 4.79 Å². The summed E-state index contributed by atoms with van der Waals surface area (Å²) in [5, 5.41) is 6.82. The maximum atomic E-state index is 12.4. The predicted molar refractivity (Wildman–Crippen MR) is 70.6 cm³/mol. The second-order valence-corrected chi connectivity index (χ2v) is 4.50. The molecule has 0 spiro atoms. The average molecular weight is 266 g/mol. The van der Waals surface area contributed by atoms with Crippen molar-refractivity contribution in [2.45, 2.75) is 25.4 Å². The topological polar surface area (TPSA) is 89.4 Å². The summed E-state index contributed by atoms with van der Waals surface area (Å²) in [5.74, 6) is -0.0471. The number of aliphatic imine (C=N–C) groups is 1. The van der Waals surface area contributed by atoms with E-state index in [0.29, 0.717) is 6.54 Å². The van der Waals surface area contributed by atoms with Crippen molar-refractivity contribution in [1.29, 1.82) is 0 Å². The number of carbonyl (C=O) groups excluding carboxylic acids is 2. The zero-order valence-corrected chi connectivity index (χ0v) is 11.3. The van der Waals surface area contributed by atoms with Crippen molar-refractivity contribution in [1.82, 2.24) is 20.5 Å². The Bertz CT molecular complexity index is 460. The van der Waals surface area contributed by atoms with Gasteiger partial charge in [0.25, 0.3) is 11.6 Å². The molecule has 0 aromatic heterocycles. The van der Waals surface area contributed by atoms with Crippen molar-refractivity contribution in [2.24, 2.45) is 10.1 Å². The summed E-state index contributed by atoms with van der Waals surface area (Å²) < 4.78 is 0. The van der Waals surface area contributed by atoms with Crippen LogP contribution in [0.25, 0.3) is 0 Å². The van der Waals surface area contributed by atoms with Crippen molar-refractivity contribution >= 4 is 24.1 Å². The minimum Gasteiger partial charge on any atom is -0.352 e. The van der Waals surface area contributed by atoms with E-state index in [2.05, 4.69) is 20.8 Å². The van der Waals surface area contributed by atoms with Crippen molar-refractivity contribution in [3.8, 4) is 0 Å². The van der Waals surface area contributed by atoms with E-state index in [1.54, 1.807) is 14.1 Å². The third-order valence-corrected chi connectivity index (χ3v) is 3.30. The molecule has 2 aliphatic heterocycles. The normalized spacial score (nSPS) is 25.0. The van der Waals surface area contributed by atoms with Crippen molar-refractivity contribution in [3.05, 3.63) is 0 Å². The first-order valence-corrected chi connectivity index (χ1v) is 6.23. The summed E-state index contributed by atoms with van der Waals surface area (Å²) in [5.41, 5.74) is 1.19. The number of fused-ring (bicyclic) bond motifs is 1. The van der Waals surface area contributed by atoms with Crippen molar-refractivity contribution in [2.75, 3.05) is 20.6 Å². The van der Waals surface area contributed by atoms with Crippen LogP contribution in [-0.2, 0) is 4.79 Å². The largest absolute Gasteiger partial charge is 0.352 e. The molecular weight excluding hydrogens is 248 g/mol. The Balaban J connectivity index is 2.29. The molecule has 0 unspecified atom stereocenters. The summed E-state index contributed by atoms with van der Waals surface area (Å²) >= 11 is 0. The number of hydrazone groups is 1. The molecule has 3 amide bonds. The average Bonchev–Trinajstić information content (AvgIpc) is 2.62. The number of likely N-dealkylation sites (N-methyl/N-ethyl adjacent to an activating group) is 2. The van der Waals surface area contributed by atoms with Gasteiger partial charge in [-0.15, -0.1) is 0 Å². The Hall–Kier alpha value is -2.12. The maximum Gasteiger partial charge on any atom is 0.327 e. The van der Waals surface area contributed by atoms with Crippen LogP contribution in [-0.4, -0.2) is 60.2 Å². The molecule has 0 radical (unpaired) electrons. The van der Waals surface area contributed by atoms with Crippen molar-refractivity contribution < 1.29 is 9.59 Å². The predicted octanol–water partition coefficient (Wildman–Crippen LogP) is -0.459. The highest BCUT2D eigenvalue weighted by molar-refractivity contribution is 6.22. The SMILES string of the molecule is CCCCNC(=O)[C@]12N=CNN=C1N(C)C(=O)N2C. The molecule has 8 heteroatoms. The van der Waals surface area contributed by atoms with Gasteiger partial charge in [-0.05, 0) is 6.42 Å². The lowest BCUT2D eigenvalue weighted by molar-refractivity contribution is -0.127. The zero-order valence-electron chi connectivity index (χ0n) is 11.3. The maximum absolute atomic E-state index is 12.4. The smallest absolute Gasteiger partial charge is 0.327 e. The van der Waals surface area contributed by atoms with E-state index in [1.165, 1.54) is 16.1 Å². The van der Waals surface area contributed by atoms with Crippen LogP contribution in [0.15, 0.2) is 10.1 Å². The number of unbranched alkanes of at least 4 members (excludes halogenated alkanes) is 1. The number of amides is 3. The van der Waals surface area contributed by atoms with Gasteiger partial charge in [-0.2, -0.15) is 5.10 Å². The molecule has 19 heavy (non-hydrogen) atoms. The molecular formula is C11H18N6O2. The second kappa shape index (κ2) is 4.87. The van der Waals surface area contributed by atoms with E-state index in [9.17, 15) is 9.59 Å². The van der Waals surface area contributed by atoms with Gasteiger partial charge in [0.2, 0.25) is 0 Å². The minimum atomic E-state index is -1.38. The van der Waals surface area contributed by atoms with E-state index in [-0.39, 0.29) is 17.8 Å². The second-order valence-electron chi connectivity index (χ2n) is 4.50. The van der Waals surface area contributed by atoms with Gasteiger partial charge in [0.05, 0.1) is 0 Å². The van der Waals surface area contributed by atoms with E-state index < -0.39 is 5.66 Å². The summed E-state index contributed by atoms with van der Waals surface area (Å²) in [6.45, 7) is 2.60. The van der Waals surface area contributed by atoms with E-state index >= 15 is 0 Å². The molecule has 0 saturated carbocycles. The number of urea groups is 1. The Morgan fingerprint density at radius 2 is 2.26 bits per heavy atom. The lowest BCUT2D eigenvalue weighted by Crippen LogP contribution is -2.59. The molecule has 104 valence electrons. The number of hydrogen-bond acceptors (Lipinski definition) is 5. The Labute approximate surface area is 111 Å². The first-order chi connectivity index (χ1) is 9.05. The van der Waals surface area contributed by atoms with Crippen LogP contribution < -0.4 is 10.7 Å². The molecule has 2 rings (SSSR count). The van der Waals surface area contributed by atoms with Gasteiger partial charge < -0.3 is 5.32 Å². The lowest BCUT2D eigenvalue weighted by atomic mass is 10.1. The number of nitrogens with zero attached hydrogens (tertiary/aromatic N) is 4. The van der Waals surface area contributed by atoms with Gasteiger partial charge in [-0.1, -0.05) is 13.3 Å². The van der Waals surface area contributed by atoms with Gasteiger partial charge in [-0.3, -0.25) is 20.0 Å². The standard InChI is InChI=1S/C11H18N6O2/c1-4-5-6-12-9(18)11-8(15-14-7-13-11)16(2)10(19)17(11)3/h7H,4-6H2,1-3H3,(H,12,18)(H,13,14)/t11-/m0/s1.